The number of carbonyl (C=O) groups is 3. The molecule has 1 aliphatic rings. The van der Waals surface area contributed by atoms with E-state index in [1.54, 1.807) is 18.2 Å². The molecule has 7 nitrogen and oxygen atoms in total. The monoisotopic (exact) mass is 678 g/mol. The largest absolute Gasteiger partial charge is 0.507 e. The molecule has 0 bridgehead atoms. The second-order valence-corrected chi connectivity index (χ2v) is 13.1. The molecule has 1 saturated carbocycles. The van der Waals surface area contributed by atoms with E-state index in [2.05, 4.69) is 5.32 Å². The summed E-state index contributed by atoms with van der Waals surface area (Å²) < 4.78 is 0. The molecule has 2 amide bonds. The van der Waals surface area contributed by atoms with Crippen molar-refractivity contribution in [2.75, 3.05) is 11.9 Å². The highest BCUT2D eigenvalue weighted by molar-refractivity contribution is 6.31. The number of carbonyl (C=O) groups excluding carboxylic acids is 2. The predicted octanol–water partition coefficient (Wildman–Crippen LogP) is 9.16. The maximum atomic E-state index is 13.2. The van der Waals surface area contributed by atoms with Gasteiger partial charge in [0.1, 0.15) is 5.75 Å². The van der Waals surface area contributed by atoms with Crippen LogP contribution in [0.15, 0.2) is 133 Å². The molecule has 5 aromatic carbocycles. The van der Waals surface area contributed by atoms with Crippen LogP contribution < -0.4 is 5.32 Å². The number of phenolic OH excluding ortho intramolecular Hbond substituents is 1. The van der Waals surface area contributed by atoms with Crippen molar-refractivity contribution in [2.45, 2.75) is 44.6 Å². The summed E-state index contributed by atoms with van der Waals surface area (Å²) in [4.78, 5) is 39.4. The fraction of sp³-hybridized carbons (Fsp3) is 0.205. The summed E-state index contributed by atoms with van der Waals surface area (Å²) in [5.74, 6) is -2.21. The number of anilines is 1. The summed E-state index contributed by atoms with van der Waals surface area (Å²) in [7, 11) is 0. The minimum absolute atomic E-state index is 0.0224. The number of nitrogens with zero attached hydrogens (tertiary/aromatic N) is 1. The molecule has 0 aromatic heterocycles. The molecule has 1 fully saturated rings. The highest BCUT2D eigenvalue weighted by Crippen LogP contribution is 2.41. The van der Waals surface area contributed by atoms with E-state index in [0.717, 1.165) is 53.5 Å². The second-order valence-electron chi connectivity index (χ2n) is 13.1. The van der Waals surface area contributed by atoms with Gasteiger partial charge in [0, 0.05) is 41.9 Å². The molecule has 7 heteroatoms. The van der Waals surface area contributed by atoms with Crippen LogP contribution in [-0.2, 0) is 20.9 Å². The zero-order valence-electron chi connectivity index (χ0n) is 28.4. The van der Waals surface area contributed by atoms with Crippen molar-refractivity contribution >= 4 is 29.5 Å². The van der Waals surface area contributed by atoms with Crippen LogP contribution in [0.5, 0.6) is 5.75 Å². The first kappa shape index (κ1) is 34.9. The minimum atomic E-state index is -1.45. The number of aliphatic carboxylic acids is 1. The molecular weight excluding hydrogens is 636 g/mol. The number of rotatable bonds is 11. The third kappa shape index (κ3) is 9.00. The highest BCUT2D eigenvalue weighted by Gasteiger charge is 2.31. The summed E-state index contributed by atoms with van der Waals surface area (Å²) in [6, 6.07) is 40.1. The highest BCUT2D eigenvalue weighted by atomic mass is 16.4. The SMILES string of the molecule is O=C(C=Cc1ccc(C(CN(Cc2ccccc2)C(=O)C(=O)O)C2CCCCC2)cc1)Nc1cc(-c2ccccc2)c(O)c(-c2ccccc2)c1. The van der Waals surface area contributed by atoms with Gasteiger partial charge in [0.15, 0.2) is 0 Å². The predicted molar refractivity (Wildman–Crippen MR) is 202 cm³/mol. The van der Waals surface area contributed by atoms with Gasteiger partial charge in [-0.1, -0.05) is 135 Å². The first-order valence-electron chi connectivity index (χ1n) is 17.5. The number of hydrogen-bond acceptors (Lipinski definition) is 4. The zero-order valence-corrected chi connectivity index (χ0v) is 28.4. The van der Waals surface area contributed by atoms with E-state index in [4.69, 9.17) is 0 Å². The molecule has 0 aliphatic heterocycles. The van der Waals surface area contributed by atoms with E-state index in [-0.39, 0.29) is 24.1 Å². The number of hydrogen-bond donors (Lipinski definition) is 3. The van der Waals surface area contributed by atoms with Crippen LogP contribution in [0.2, 0.25) is 0 Å². The standard InChI is InChI=1S/C44H42N2O5/c47-41(45-37-27-38(33-15-7-2-8-16-33)42(48)39(28-37)34-17-9-3-10-18-34)26-23-31-21-24-36(25-22-31)40(35-19-11-4-12-20-35)30-46(43(49)44(50)51)29-32-13-5-1-6-14-32/h1-3,5-10,13-18,21-28,35,40,48H,4,11-12,19-20,29-30H2,(H,45,47)(H,50,51). The van der Waals surface area contributed by atoms with Gasteiger partial charge in [-0.15, -0.1) is 0 Å². The summed E-state index contributed by atoms with van der Waals surface area (Å²) >= 11 is 0. The number of nitrogens with one attached hydrogen (secondary N) is 1. The van der Waals surface area contributed by atoms with Crippen LogP contribution >= 0.6 is 0 Å². The molecule has 0 radical (unpaired) electrons. The summed E-state index contributed by atoms with van der Waals surface area (Å²) in [5.41, 5.74) is 6.22. The average Bonchev–Trinajstić information content (AvgIpc) is 3.17. The Morgan fingerprint density at radius 1 is 0.745 bits per heavy atom. The van der Waals surface area contributed by atoms with Crippen molar-refractivity contribution in [1.29, 1.82) is 0 Å². The Kier molecular flexibility index (Phi) is 11.4. The lowest BCUT2D eigenvalue weighted by Gasteiger charge is -2.34. The Balaban J connectivity index is 1.21. The van der Waals surface area contributed by atoms with E-state index in [0.29, 0.717) is 29.3 Å². The molecule has 1 unspecified atom stereocenters. The normalized spacial score (nSPS) is 13.8. The van der Waals surface area contributed by atoms with Gasteiger partial charge in [-0.05, 0) is 64.8 Å². The zero-order chi connectivity index (χ0) is 35.6. The lowest BCUT2D eigenvalue weighted by Crippen LogP contribution is -2.40. The molecule has 0 saturated heterocycles. The molecule has 0 heterocycles. The molecule has 3 N–H and O–H groups in total. The van der Waals surface area contributed by atoms with Gasteiger partial charge in [-0.2, -0.15) is 0 Å². The lowest BCUT2D eigenvalue weighted by molar-refractivity contribution is -0.156. The molecular formula is C44H42N2O5. The molecule has 0 spiro atoms. The maximum Gasteiger partial charge on any atom is 0.394 e. The van der Waals surface area contributed by atoms with Crippen LogP contribution in [0.3, 0.4) is 0 Å². The van der Waals surface area contributed by atoms with Crippen molar-refractivity contribution in [3.05, 3.63) is 150 Å². The first-order valence-corrected chi connectivity index (χ1v) is 17.5. The Morgan fingerprint density at radius 3 is 1.84 bits per heavy atom. The Morgan fingerprint density at radius 2 is 1.29 bits per heavy atom. The van der Waals surface area contributed by atoms with E-state index in [9.17, 15) is 24.6 Å². The van der Waals surface area contributed by atoms with E-state index < -0.39 is 11.9 Å². The van der Waals surface area contributed by atoms with Crippen molar-refractivity contribution < 1.29 is 24.6 Å². The third-order valence-electron chi connectivity index (χ3n) is 9.66. The molecule has 5 aromatic rings. The number of carboxylic acid groups (broad SMARTS) is 1. The number of amides is 2. The van der Waals surface area contributed by atoms with Crippen LogP contribution in [0.1, 0.15) is 54.7 Å². The number of benzene rings is 5. The second kappa shape index (κ2) is 16.6. The van der Waals surface area contributed by atoms with Gasteiger partial charge in [0.05, 0.1) is 0 Å². The summed E-state index contributed by atoms with van der Waals surface area (Å²) in [6.07, 6.45) is 8.71. The Hall–Kier alpha value is -5.95. The van der Waals surface area contributed by atoms with E-state index >= 15 is 0 Å². The van der Waals surface area contributed by atoms with E-state index in [1.165, 1.54) is 17.4 Å². The molecule has 6 rings (SSSR count). The fourth-order valence-electron chi connectivity index (χ4n) is 7.05. The number of carboxylic acids is 1. The van der Waals surface area contributed by atoms with Gasteiger partial charge in [-0.25, -0.2) is 4.79 Å². The van der Waals surface area contributed by atoms with Gasteiger partial charge in [0.2, 0.25) is 5.91 Å². The number of phenols is 1. The molecule has 1 atom stereocenters. The maximum absolute atomic E-state index is 13.2. The van der Waals surface area contributed by atoms with Crippen LogP contribution in [0.4, 0.5) is 5.69 Å². The summed E-state index contributed by atoms with van der Waals surface area (Å²) in [6.45, 7) is 0.538. The lowest BCUT2D eigenvalue weighted by atomic mass is 9.76. The van der Waals surface area contributed by atoms with Gasteiger partial charge in [0.25, 0.3) is 0 Å². The van der Waals surface area contributed by atoms with Gasteiger partial charge in [-0.3, -0.25) is 9.59 Å². The fourth-order valence-corrected chi connectivity index (χ4v) is 7.05. The van der Waals surface area contributed by atoms with Gasteiger partial charge < -0.3 is 20.4 Å². The van der Waals surface area contributed by atoms with Gasteiger partial charge >= 0.3 is 11.9 Å². The Bertz CT molecular complexity index is 1910. The van der Waals surface area contributed by atoms with Crippen molar-refractivity contribution in [1.82, 2.24) is 4.90 Å². The summed E-state index contributed by atoms with van der Waals surface area (Å²) in [5, 5.41) is 23.9. The minimum Gasteiger partial charge on any atom is -0.507 e. The van der Waals surface area contributed by atoms with Crippen LogP contribution in [0, 0.1) is 5.92 Å². The van der Waals surface area contributed by atoms with Crippen LogP contribution in [0.25, 0.3) is 28.3 Å². The topological polar surface area (TPSA) is 107 Å². The van der Waals surface area contributed by atoms with E-state index in [1.807, 2.05) is 115 Å². The Labute approximate surface area is 298 Å². The average molecular weight is 679 g/mol. The molecule has 1 aliphatic carbocycles. The quantitative estimate of drug-likeness (QED) is 0.0734. The molecule has 51 heavy (non-hydrogen) atoms. The smallest absolute Gasteiger partial charge is 0.394 e. The van der Waals surface area contributed by atoms with Crippen molar-refractivity contribution in [2.24, 2.45) is 5.92 Å². The third-order valence-corrected chi connectivity index (χ3v) is 9.66. The molecule has 258 valence electrons. The first-order chi connectivity index (χ1) is 24.9. The number of aromatic hydroxyl groups is 1. The van der Waals surface area contributed by atoms with Crippen molar-refractivity contribution in [3.63, 3.8) is 0 Å². The van der Waals surface area contributed by atoms with Crippen molar-refractivity contribution in [3.8, 4) is 28.0 Å². The van der Waals surface area contributed by atoms with Crippen LogP contribution in [-0.4, -0.2) is 39.4 Å².